The van der Waals surface area contributed by atoms with E-state index in [-0.39, 0.29) is 12.5 Å². The minimum atomic E-state index is -0.117. The SMILES string of the molecule is Cc1ccc2[nH]cc(CCNCC(=O)Nc3ccc(Cl)c(Cl)c3)c2c1. The first-order valence-electron chi connectivity index (χ1n) is 8.05. The second-order valence-electron chi connectivity index (χ2n) is 5.97. The minimum Gasteiger partial charge on any atom is -0.361 e. The van der Waals surface area contributed by atoms with E-state index >= 15 is 0 Å². The molecule has 0 fully saturated rings. The third-order valence-electron chi connectivity index (χ3n) is 3.98. The van der Waals surface area contributed by atoms with Crippen LogP contribution in [0.3, 0.4) is 0 Å². The molecular weight excluding hydrogens is 357 g/mol. The number of hydrogen-bond acceptors (Lipinski definition) is 2. The van der Waals surface area contributed by atoms with Gasteiger partial charge in [-0.3, -0.25) is 4.79 Å². The average molecular weight is 376 g/mol. The molecule has 0 saturated carbocycles. The maximum absolute atomic E-state index is 12.0. The summed E-state index contributed by atoms with van der Waals surface area (Å²) in [6, 6.07) is 11.4. The summed E-state index contributed by atoms with van der Waals surface area (Å²) in [6.45, 7) is 3.04. The number of carbonyl (C=O) groups is 1. The van der Waals surface area contributed by atoms with Gasteiger partial charge in [0.05, 0.1) is 16.6 Å². The maximum Gasteiger partial charge on any atom is 0.238 e. The maximum atomic E-state index is 12.0. The molecule has 0 aliphatic heterocycles. The van der Waals surface area contributed by atoms with Crippen molar-refractivity contribution in [3.8, 4) is 0 Å². The number of H-pyrrole nitrogens is 1. The highest BCUT2D eigenvalue weighted by atomic mass is 35.5. The molecular formula is C19H19Cl2N3O. The average Bonchev–Trinajstić information content (AvgIpc) is 2.97. The molecule has 2 aromatic carbocycles. The van der Waals surface area contributed by atoms with Crippen LogP contribution in [0.1, 0.15) is 11.1 Å². The number of rotatable bonds is 6. The number of halogens is 2. The lowest BCUT2D eigenvalue weighted by atomic mass is 10.1. The zero-order valence-electron chi connectivity index (χ0n) is 13.8. The molecule has 4 nitrogen and oxygen atoms in total. The van der Waals surface area contributed by atoms with Gasteiger partial charge in [0.15, 0.2) is 0 Å². The van der Waals surface area contributed by atoms with Crippen molar-refractivity contribution in [3.05, 3.63) is 63.8 Å². The number of aromatic nitrogens is 1. The summed E-state index contributed by atoms with van der Waals surface area (Å²) >= 11 is 11.8. The lowest BCUT2D eigenvalue weighted by Crippen LogP contribution is -2.29. The fraction of sp³-hybridized carbons (Fsp3) is 0.211. The smallest absolute Gasteiger partial charge is 0.238 e. The van der Waals surface area contributed by atoms with Crippen LogP contribution >= 0.6 is 23.2 Å². The van der Waals surface area contributed by atoms with Crippen molar-refractivity contribution in [2.45, 2.75) is 13.3 Å². The van der Waals surface area contributed by atoms with Crippen molar-refractivity contribution in [3.63, 3.8) is 0 Å². The van der Waals surface area contributed by atoms with Gasteiger partial charge in [0, 0.05) is 22.8 Å². The summed E-state index contributed by atoms with van der Waals surface area (Å²) < 4.78 is 0. The first-order chi connectivity index (χ1) is 12.0. The van der Waals surface area contributed by atoms with Crippen molar-refractivity contribution in [1.29, 1.82) is 0 Å². The molecule has 0 bridgehead atoms. The number of aryl methyl sites for hydroxylation is 1. The molecule has 1 heterocycles. The third-order valence-corrected chi connectivity index (χ3v) is 4.72. The Balaban J connectivity index is 1.48. The largest absolute Gasteiger partial charge is 0.361 e. The van der Waals surface area contributed by atoms with Crippen LogP contribution < -0.4 is 10.6 Å². The summed E-state index contributed by atoms with van der Waals surface area (Å²) in [4.78, 5) is 15.2. The minimum absolute atomic E-state index is 0.117. The van der Waals surface area contributed by atoms with Crippen molar-refractivity contribution < 1.29 is 4.79 Å². The number of nitrogens with one attached hydrogen (secondary N) is 3. The van der Waals surface area contributed by atoms with Crippen molar-refractivity contribution in [2.24, 2.45) is 0 Å². The van der Waals surface area contributed by atoms with Crippen molar-refractivity contribution in [1.82, 2.24) is 10.3 Å². The van der Waals surface area contributed by atoms with E-state index in [9.17, 15) is 4.79 Å². The Hall–Kier alpha value is -2.01. The van der Waals surface area contributed by atoms with Gasteiger partial charge in [-0.15, -0.1) is 0 Å². The fourth-order valence-electron chi connectivity index (χ4n) is 2.70. The van der Waals surface area contributed by atoms with Gasteiger partial charge >= 0.3 is 0 Å². The van der Waals surface area contributed by atoms with Gasteiger partial charge in [-0.05, 0) is 55.8 Å². The Morgan fingerprint density at radius 3 is 2.76 bits per heavy atom. The van der Waals surface area contributed by atoms with Crippen LogP contribution in [0.15, 0.2) is 42.6 Å². The number of carbonyl (C=O) groups excluding carboxylic acids is 1. The number of anilines is 1. The van der Waals surface area contributed by atoms with E-state index < -0.39 is 0 Å². The number of fused-ring (bicyclic) bond motifs is 1. The molecule has 0 unspecified atom stereocenters. The molecule has 0 spiro atoms. The van der Waals surface area contributed by atoms with Gasteiger partial charge in [0.1, 0.15) is 0 Å². The monoisotopic (exact) mass is 375 g/mol. The molecule has 0 saturated heterocycles. The molecule has 1 aromatic heterocycles. The lowest BCUT2D eigenvalue weighted by Gasteiger charge is -2.07. The van der Waals surface area contributed by atoms with E-state index in [1.54, 1.807) is 18.2 Å². The Morgan fingerprint density at radius 1 is 1.12 bits per heavy atom. The molecule has 0 aliphatic rings. The van der Waals surface area contributed by atoms with Crippen LogP contribution in [-0.4, -0.2) is 24.0 Å². The predicted molar refractivity (Wildman–Crippen MR) is 105 cm³/mol. The summed E-state index contributed by atoms with van der Waals surface area (Å²) in [5.41, 5.74) is 4.25. The molecule has 0 aliphatic carbocycles. The second-order valence-corrected chi connectivity index (χ2v) is 6.78. The molecule has 0 radical (unpaired) electrons. The fourth-order valence-corrected chi connectivity index (χ4v) is 3.00. The standard InChI is InChI=1S/C19H19Cl2N3O/c1-12-2-5-18-15(8-12)13(10-23-18)6-7-22-11-19(25)24-14-3-4-16(20)17(21)9-14/h2-5,8-10,22-23H,6-7,11H2,1H3,(H,24,25). The predicted octanol–water partition coefficient (Wildman–Crippen LogP) is 4.55. The number of benzene rings is 2. The topological polar surface area (TPSA) is 56.9 Å². The van der Waals surface area contributed by atoms with E-state index in [1.165, 1.54) is 16.5 Å². The molecule has 6 heteroatoms. The zero-order valence-corrected chi connectivity index (χ0v) is 15.3. The molecule has 3 aromatic rings. The second kappa shape index (κ2) is 7.91. The van der Waals surface area contributed by atoms with Crippen LogP contribution in [0, 0.1) is 6.92 Å². The Labute approximate surface area is 156 Å². The van der Waals surface area contributed by atoms with Gasteiger partial charge in [0.2, 0.25) is 5.91 Å². The molecule has 0 atom stereocenters. The number of aromatic amines is 1. The summed E-state index contributed by atoms with van der Waals surface area (Å²) in [5, 5.41) is 8.08. The Morgan fingerprint density at radius 2 is 1.96 bits per heavy atom. The molecule has 3 rings (SSSR count). The highest BCUT2D eigenvalue weighted by Crippen LogP contribution is 2.25. The molecule has 1 amide bonds. The first-order valence-corrected chi connectivity index (χ1v) is 8.81. The molecule has 25 heavy (non-hydrogen) atoms. The van der Waals surface area contributed by atoms with Gasteiger partial charge in [-0.1, -0.05) is 34.8 Å². The third kappa shape index (κ3) is 4.54. The summed E-state index contributed by atoms with van der Waals surface area (Å²) in [6.07, 6.45) is 2.88. The van der Waals surface area contributed by atoms with Gasteiger partial charge < -0.3 is 15.6 Å². The normalized spacial score (nSPS) is 11.0. The van der Waals surface area contributed by atoms with E-state index in [1.807, 2.05) is 6.20 Å². The van der Waals surface area contributed by atoms with Crippen LogP contribution in [0.2, 0.25) is 10.0 Å². The van der Waals surface area contributed by atoms with E-state index in [0.717, 1.165) is 18.5 Å². The lowest BCUT2D eigenvalue weighted by molar-refractivity contribution is -0.115. The highest BCUT2D eigenvalue weighted by molar-refractivity contribution is 6.42. The molecule has 130 valence electrons. The van der Waals surface area contributed by atoms with Gasteiger partial charge in [-0.25, -0.2) is 0 Å². The van der Waals surface area contributed by atoms with Gasteiger partial charge in [-0.2, -0.15) is 0 Å². The first kappa shape index (κ1) is 17.8. The van der Waals surface area contributed by atoms with Crippen molar-refractivity contribution in [2.75, 3.05) is 18.4 Å². The summed E-state index contributed by atoms with van der Waals surface area (Å²) in [5.74, 6) is -0.117. The van der Waals surface area contributed by atoms with Crippen LogP contribution in [-0.2, 0) is 11.2 Å². The quantitative estimate of drug-likeness (QED) is 0.553. The van der Waals surface area contributed by atoms with Crippen molar-refractivity contribution >= 4 is 45.7 Å². The molecule has 3 N–H and O–H groups in total. The van der Waals surface area contributed by atoms with Crippen LogP contribution in [0.5, 0.6) is 0 Å². The van der Waals surface area contributed by atoms with E-state index in [2.05, 4.69) is 40.7 Å². The number of amides is 1. The van der Waals surface area contributed by atoms with Crippen LogP contribution in [0.4, 0.5) is 5.69 Å². The summed E-state index contributed by atoms with van der Waals surface area (Å²) in [7, 11) is 0. The van der Waals surface area contributed by atoms with Crippen LogP contribution in [0.25, 0.3) is 10.9 Å². The highest BCUT2D eigenvalue weighted by Gasteiger charge is 2.06. The Kier molecular flexibility index (Phi) is 5.63. The van der Waals surface area contributed by atoms with E-state index in [0.29, 0.717) is 15.7 Å². The van der Waals surface area contributed by atoms with E-state index in [4.69, 9.17) is 23.2 Å². The zero-order chi connectivity index (χ0) is 17.8. The Bertz CT molecular complexity index is 905. The number of hydrogen-bond donors (Lipinski definition) is 3. The van der Waals surface area contributed by atoms with Gasteiger partial charge in [0.25, 0.3) is 0 Å².